The van der Waals surface area contributed by atoms with Gasteiger partial charge in [0.15, 0.2) is 0 Å². The molecule has 3 aromatic rings. The normalized spacial score (nSPS) is 17.2. The maximum absolute atomic E-state index is 14.0. The van der Waals surface area contributed by atoms with Crippen LogP contribution >= 0.6 is 0 Å². The van der Waals surface area contributed by atoms with Gasteiger partial charge < -0.3 is 4.52 Å². The number of sulfonamides is 1. The third-order valence-corrected chi connectivity index (χ3v) is 7.45. The first-order valence-corrected chi connectivity index (χ1v) is 11.5. The molecule has 1 aromatic heterocycles. The van der Waals surface area contributed by atoms with Crippen LogP contribution in [0.15, 0.2) is 57.9 Å². The van der Waals surface area contributed by atoms with Crippen molar-refractivity contribution in [3.8, 4) is 11.4 Å². The molecular formula is C21H20F4N4O3S. The minimum atomic E-state index is -4.49. The summed E-state index contributed by atoms with van der Waals surface area (Å²) in [4.78, 5) is 5.78. The Bertz CT molecular complexity index is 1240. The molecule has 1 atom stereocenters. The fourth-order valence-corrected chi connectivity index (χ4v) is 5.12. The van der Waals surface area contributed by atoms with Gasteiger partial charge >= 0.3 is 6.18 Å². The van der Waals surface area contributed by atoms with E-state index in [0.29, 0.717) is 13.1 Å². The summed E-state index contributed by atoms with van der Waals surface area (Å²) in [6, 6.07) is 9.46. The van der Waals surface area contributed by atoms with Crippen molar-refractivity contribution in [1.82, 2.24) is 19.3 Å². The summed E-state index contributed by atoms with van der Waals surface area (Å²) in [5, 5.41) is 3.80. The summed E-state index contributed by atoms with van der Waals surface area (Å²) in [6.45, 7) is 2.71. The van der Waals surface area contributed by atoms with E-state index in [1.54, 1.807) is 6.92 Å². The average molecular weight is 484 g/mol. The van der Waals surface area contributed by atoms with Gasteiger partial charge in [-0.2, -0.15) is 22.5 Å². The van der Waals surface area contributed by atoms with Crippen molar-refractivity contribution in [2.24, 2.45) is 0 Å². The lowest BCUT2D eigenvalue weighted by molar-refractivity contribution is -0.137. The Kier molecular flexibility index (Phi) is 6.25. The zero-order valence-electron chi connectivity index (χ0n) is 17.5. The highest BCUT2D eigenvalue weighted by Crippen LogP contribution is 2.32. The van der Waals surface area contributed by atoms with Gasteiger partial charge in [-0.1, -0.05) is 29.4 Å². The zero-order chi connectivity index (χ0) is 23.8. The van der Waals surface area contributed by atoms with Crippen LogP contribution in [-0.2, 0) is 16.2 Å². The lowest BCUT2D eigenvalue weighted by Gasteiger charge is -2.36. The average Bonchev–Trinajstić information content (AvgIpc) is 3.29. The highest BCUT2D eigenvalue weighted by atomic mass is 32.2. The minimum Gasteiger partial charge on any atom is -0.337 e. The van der Waals surface area contributed by atoms with E-state index < -0.39 is 33.6 Å². The summed E-state index contributed by atoms with van der Waals surface area (Å²) in [5.74, 6) is -0.571. The molecule has 0 bridgehead atoms. The van der Waals surface area contributed by atoms with Crippen molar-refractivity contribution in [3.63, 3.8) is 0 Å². The van der Waals surface area contributed by atoms with Gasteiger partial charge in [-0.15, -0.1) is 0 Å². The van der Waals surface area contributed by atoms with Crippen molar-refractivity contribution in [3.05, 3.63) is 65.8 Å². The van der Waals surface area contributed by atoms with Gasteiger partial charge in [0, 0.05) is 31.7 Å². The van der Waals surface area contributed by atoms with Gasteiger partial charge in [-0.25, -0.2) is 12.8 Å². The number of hydrogen-bond donors (Lipinski definition) is 0. The Morgan fingerprint density at radius 2 is 1.73 bits per heavy atom. The molecule has 1 saturated heterocycles. The first-order chi connectivity index (χ1) is 15.6. The minimum absolute atomic E-state index is 0.0312. The lowest BCUT2D eigenvalue weighted by atomic mass is 10.1. The SMILES string of the molecule is C[C@H](c1nc(-c2cccc(C(F)(F)F)c2)no1)N1CCN(S(=O)(=O)c2ccccc2F)CC1. The first kappa shape index (κ1) is 23.3. The topological polar surface area (TPSA) is 79.5 Å². The molecule has 1 aliphatic rings. The summed E-state index contributed by atoms with van der Waals surface area (Å²) in [5.41, 5.74) is -0.639. The van der Waals surface area contributed by atoms with E-state index in [-0.39, 0.29) is 35.3 Å². The highest BCUT2D eigenvalue weighted by molar-refractivity contribution is 7.89. The first-order valence-electron chi connectivity index (χ1n) is 10.1. The molecule has 176 valence electrons. The van der Waals surface area contributed by atoms with E-state index in [9.17, 15) is 26.0 Å². The lowest BCUT2D eigenvalue weighted by Crippen LogP contribution is -2.49. The molecule has 1 fully saturated rings. The van der Waals surface area contributed by atoms with Crippen LogP contribution in [0.2, 0.25) is 0 Å². The van der Waals surface area contributed by atoms with Gasteiger partial charge in [-0.3, -0.25) is 4.90 Å². The molecule has 0 N–H and O–H groups in total. The summed E-state index contributed by atoms with van der Waals surface area (Å²) in [6.07, 6.45) is -4.49. The molecule has 7 nitrogen and oxygen atoms in total. The van der Waals surface area contributed by atoms with Crippen molar-refractivity contribution in [2.45, 2.75) is 24.0 Å². The molecule has 0 spiro atoms. The van der Waals surface area contributed by atoms with Crippen molar-refractivity contribution in [2.75, 3.05) is 26.2 Å². The number of aromatic nitrogens is 2. The summed E-state index contributed by atoms with van der Waals surface area (Å²) in [7, 11) is -3.97. The summed E-state index contributed by atoms with van der Waals surface area (Å²) >= 11 is 0. The Morgan fingerprint density at radius 3 is 2.39 bits per heavy atom. The Balaban J connectivity index is 1.45. The number of rotatable bonds is 5. The van der Waals surface area contributed by atoms with Gasteiger partial charge in [-0.05, 0) is 31.2 Å². The Labute approximate surface area is 187 Å². The standard InChI is InChI=1S/C21H20F4N4O3S/c1-14(20-26-19(27-32-20)15-5-4-6-16(13-15)21(23,24)25)28-9-11-29(12-10-28)33(30,31)18-8-3-2-7-17(18)22/h2-8,13-14H,9-12H2,1H3/t14-/m1/s1. The van der Waals surface area contributed by atoms with E-state index in [0.717, 1.165) is 18.2 Å². The molecule has 4 rings (SSSR count). The van der Waals surface area contributed by atoms with Crippen LogP contribution in [0.25, 0.3) is 11.4 Å². The molecule has 0 saturated carbocycles. The quantitative estimate of drug-likeness (QED) is 0.510. The van der Waals surface area contributed by atoms with Crippen LogP contribution in [0.4, 0.5) is 17.6 Å². The van der Waals surface area contributed by atoms with Crippen molar-refractivity contribution < 1.29 is 30.5 Å². The number of hydrogen-bond acceptors (Lipinski definition) is 6. The third kappa shape index (κ3) is 4.77. The molecule has 2 aromatic carbocycles. The van der Waals surface area contributed by atoms with Gasteiger partial charge in [0.2, 0.25) is 21.7 Å². The van der Waals surface area contributed by atoms with Crippen LogP contribution in [0.1, 0.15) is 24.4 Å². The predicted octanol–water partition coefficient (Wildman–Crippen LogP) is 3.96. The molecular weight excluding hydrogens is 464 g/mol. The second-order valence-corrected chi connectivity index (χ2v) is 9.49. The van der Waals surface area contributed by atoms with Crippen LogP contribution in [-0.4, -0.2) is 53.9 Å². The monoisotopic (exact) mass is 484 g/mol. The molecule has 12 heteroatoms. The maximum Gasteiger partial charge on any atom is 0.416 e. The van der Waals surface area contributed by atoms with E-state index >= 15 is 0 Å². The van der Waals surface area contributed by atoms with Crippen molar-refractivity contribution >= 4 is 10.0 Å². The molecule has 0 radical (unpaired) electrons. The maximum atomic E-state index is 14.0. The molecule has 2 heterocycles. The fourth-order valence-electron chi connectivity index (χ4n) is 3.64. The van der Waals surface area contributed by atoms with Crippen LogP contribution < -0.4 is 0 Å². The predicted molar refractivity (Wildman–Crippen MR) is 110 cm³/mol. The summed E-state index contributed by atoms with van der Waals surface area (Å²) < 4.78 is 84.9. The van der Waals surface area contributed by atoms with Crippen LogP contribution in [0, 0.1) is 5.82 Å². The van der Waals surface area contributed by atoms with E-state index in [2.05, 4.69) is 10.1 Å². The molecule has 33 heavy (non-hydrogen) atoms. The number of alkyl halides is 3. The van der Waals surface area contributed by atoms with E-state index in [4.69, 9.17) is 4.52 Å². The van der Waals surface area contributed by atoms with Gasteiger partial charge in [0.1, 0.15) is 10.7 Å². The molecule has 0 unspecified atom stereocenters. The third-order valence-electron chi connectivity index (χ3n) is 5.52. The van der Waals surface area contributed by atoms with E-state index in [1.807, 2.05) is 4.90 Å². The Morgan fingerprint density at radius 1 is 1.03 bits per heavy atom. The number of halogens is 4. The smallest absolute Gasteiger partial charge is 0.337 e. The van der Waals surface area contributed by atoms with Gasteiger partial charge in [0.05, 0.1) is 11.6 Å². The fraction of sp³-hybridized carbons (Fsp3) is 0.333. The van der Waals surface area contributed by atoms with Gasteiger partial charge in [0.25, 0.3) is 0 Å². The van der Waals surface area contributed by atoms with E-state index in [1.165, 1.54) is 34.6 Å². The molecule has 0 aliphatic carbocycles. The number of piperazine rings is 1. The zero-order valence-corrected chi connectivity index (χ0v) is 18.3. The number of nitrogens with zero attached hydrogens (tertiary/aromatic N) is 4. The molecule has 0 amide bonds. The second-order valence-electron chi connectivity index (χ2n) is 7.58. The Hall–Kier alpha value is -2.83. The van der Waals surface area contributed by atoms with Crippen LogP contribution in [0.3, 0.4) is 0 Å². The largest absolute Gasteiger partial charge is 0.416 e. The van der Waals surface area contributed by atoms with Crippen molar-refractivity contribution in [1.29, 1.82) is 0 Å². The molecule has 1 aliphatic heterocycles. The highest BCUT2D eigenvalue weighted by Gasteiger charge is 2.34. The number of benzene rings is 2. The van der Waals surface area contributed by atoms with Crippen LogP contribution in [0.5, 0.6) is 0 Å². The second kappa shape index (κ2) is 8.84.